The quantitative estimate of drug-likeness (QED) is 0.787. The van der Waals surface area contributed by atoms with Crippen LogP contribution in [0.2, 0.25) is 0 Å². The van der Waals surface area contributed by atoms with E-state index in [0.29, 0.717) is 17.9 Å². The number of hydrogen-bond donors (Lipinski definition) is 1. The normalized spacial score (nSPS) is 16.0. The van der Waals surface area contributed by atoms with Gasteiger partial charge in [0.15, 0.2) is 5.82 Å². The molecule has 0 bridgehead atoms. The molecule has 1 aliphatic heterocycles. The van der Waals surface area contributed by atoms with E-state index in [9.17, 15) is 4.79 Å². The molecule has 1 N–H and O–H groups in total. The molecule has 4 rings (SSSR count). The third-order valence-electron chi connectivity index (χ3n) is 4.17. The lowest BCUT2D eigenvalue weighted by Gasteiger charge is -2.13. The van der Waals surface area contributed by atoms with Gasteiger partial charge in [-0.05, 0) is 24.6 Å². The van der Waals surface area contributed by atoms with Crippen LogP contribution in [0.15, 0.2) is 66.2 Å². The summed E-state index contributed by atoms with van der Waals surface area (Å²) >= 11 is 0. The Balaban J connectivity index is 1.50. The molecule has 2 aromatic heterocycles. The number of carbonyl (C=O) groups is 1. The highest BCUT2D eigenvalue weighted by Gasteiger charge is 2.29. The van der Waals surface area contributed by atoms with Crippen molar-refractivity contribution in [1.82, 2.24) is 14.5 Å². The van der Waals surface area contributed by atoms with Crippen molar-refractivity contribution in [2.75, 3.05) is 5.32 Å². The van der Waals surface area contributed by atoms with Crippen LogP contribution in [0.25, 0.3) is 5.82 Å². The number of nitrogens with zero attached hydrogens (tertiary/aromatic N) is 4. The van der Waals surface area contributed by atoms with E-state index in [4.69, 9.17) is 4.84 Å². The fourth-order valence-corrected chi connectivity index (χ4v) is 2.82. The second-order valence-corrected chi connectivity index (χ2v) is 5.91. The Morgan fingerprint density at radius 1 is 1.15 bits per heavy atom. The largest absolute Gasteiger partial charge is 0.382 e. The second kappa shape index (κ2) is 6.79. The smallest absolute Gasteiger partial charge is 0.268 e. The van der Waals surface area contributed by atoms with Crippen LogP contribution < -0.4 is 5.32 Å². The van der Waals surface area contributed by atoms with Crippen molar-refractivity contribution in [3.05, 3.63) is 72.4 Å². The van der Waals surface area contributed by atoms with Crippen molar-refractivity contribution in [2.45, 2.75) is 19.4 Å². The first-order chi connectivity index (χ1) is 12.7. The van der Waals surface area contributed by atoms with E-state index in [1.54, 1.807) is 30.7 Å². The van der Waals surface area contributed by atoms with Gasteiger partial charge in [-0.1, -0.05) is 35.5 Å². The Morgan fingerprint density at radius 3 is 2.77 bits per heavy atom. The summed E-state index contributed by atoms with van der Waals surface area (Å²) in [6.07, 6.45) is 4.93. The second-order valence-electron chi connectivity index (χ2n) is 5.91. The predicted molar refractivity (Wildman–Crippen MR) is 97.2 cm³/mol. The lowest BCUT2D eigenvalue weighted by atomic mass is 10.0. The Bertz CT molecular complexity index is 965. The standard InChI is InChI=1S/C19H17N5O2/c1-13-20-10-11-24(13)18-15(8-5-9-21-18)22-19(25)17-12-16(23-26-17)14-6-3-2-4-7-14/h2-11,17H,12H2,1H3,(H,22,25)/t17-/m1/s1. The van der Waals surface area contributed by atoms with E-state index in [1.807, 2.05) is 41.8 Å². The number of pyridine rings is 1. The van der Waals surface area contributed by atoms with Gasteiger partial charge in [0, 0.05) is 25.0 Å². The highest BCUT2D eigenvalue weighted by atomic mass is 16.6. The zero-order chi connectivity index (χ0) is 17.9. The lowest BCUT2D eigenvalue weighted by molar-refractivity contribution is -0.125. The van der Waals surface area contributed by atoms with Gasteiger partial charge in [0.1, 0.15) is 5.82 Å². The Labute approximate surface area is 150 Å². The average Bonchev–Trinajstić information content (AvgIpc) is 3.32. The monoisotopic (exact) mass is 347 g/mol. The lowest BCUT2D eigenvalue weighted by Crippen LogP contribution is -2.28. The Morgan fingerprint density at radius 2 is 2.00 bits per heavy atom. The van der Waals surface area contributed by atoms with Crippen LogP contribution in [0.1, 0.15) is 17.8 Å². The van der Waals surface area contributed by atoms with Crippen LogP contribution >= 0.6 is 0 Å². The van der Waals surface area contributed by atoms with Crippen LogP contribution in [0, 0.1) is 6.92 Å². The van der Waals surface area contributed by atoms with Crippen LogP contribution in [0.3, 0.4) is 0 Å². The van der Waals surface area contributed by atoms with Gasteiger partial charge in [-0.25, -0.2) is 9.97 Å². The van der Waals surface area contributed by atoms with E-state index >= 15 is 0 Å². The molecular weight excluding hydrogens is 330 g/mol. The van der Waals surface area contributed by atoms with Gasteiger partial charge < -0.3 is 10.2 Å². The van der Waals surface area contributed by atoms with Gasteiger partial charge >= 0.3 is 0 Å². The first kappa shape index (κ1) is 16.0. The van der Waals surface area contributed by atoms with E-state index in [-0.39, 0.29) is 5.91 Å². The van der Waals surface area contributed by atoms with Crippen LogP contribution in [0.4, 0.5) is 5.69 Å². The molecule has 1 aromatic carbocycles. The van der Waals surface area contributed by atoms with Crippen molar-refractivity contribution >= 4 is 17.3 Å². The number of benzene rings is 1. The van der Waals surface area contributed by atoms with Crippen molar-refractivity contribution in [3.8, 4) is 5.82 Å². The number of aromatic nitrogens is 3. The summed E-state index contributed by atoms with van der Waals surface area (Å²) in [6.45, 7) is 1.88. The summed E-state index contributed by atoms with van der Waals surface area (Å²) in [5, 5.41) is 6.95. The maximum Gasteiger partial charge on any atom is 0.268 e. The third-order valence-corrected chi connectivity index (χ3v) is 4.17. The topological polar surface area (TPSA) is 81.4 Å². The van der Waals surface area contributed by atoms with Gasteiger partial charge in [0.25, 0.3) is 5.91 Å². The molecule has 0 saturated heterocycles. The molecule has 1 amide bonds. The van der Waals surface area contributed by atoms with Crippen molar-refractivity contribution in [3.63, 3.8) is 0 Å². The summed E-state index contributed by atoms with van der Waals surface area (Å²) < 4.78 is 1.82. The molecular formula is C19H17N5O2. The number of imidazole rings is 1. The average molecular weight is 347 g/mol. The van der Waals surface area contributed by atoms with Gasteiger partial charge in [0.2, 0.25) is 6.10 Å². The first-order valence-electron chi connectivity index (χ1n) is 8.26. The Hall–Kier alpha value is -3.48. The molecule has 0 spiro atoms. The van der Waals surface area contributed by atoms with Crippen LogP contribution in [-0.2, 0) is 9.63 Å². The van der Waals surface area contributed by atoms with Gasteiger partial charge in [-0.2, -0.15) is 0 Å². The SMILES string of the molecule is Cc1nccn1-c1ncccc1NC(=O)[C@H]1CC(c2ccccc2)=NO1. The zero-order valence-electron chi connectivity index (χ0n) is 14.2. The number of hydrogen-bond acceptors (Lipinski definition) is 5. The van der Waals surface area contributed by atoms with E-state index in [1.165, 1.54) is 0 Å². The summed E-state index contributed by atoms with van der Waals surface area (Å²) in [7, 11) is 0. The number of oxime groups is 1. The molecule has 7 nitrogen and oxygen atoms in total. The first-order valence-corrected chi connectivity index (χ1v) is 8.26. The molecule has 0 fully saturated rings. The minimum Gasteiger partial charge on any atom is -0.382 e. The fourth-order valence-electron chi connectivity index (χ4n) is 2.82. The fraction of sp³-hybridized carbons (Fsp3) is 0.158. The third kappa shape index (κ3) is 3.06. The molecule has 7 heteroatoms. The highest BCUT2D eigenvalue weighted by Crippen LogP contribution is 2.22. The summed E-state index contributed by atoms with van der Waals surface area (Å²) in [4.78, 5) is 26.5. The van der Waals surface area contributed by atoms with Crippen LogP contribution in [-0.4, -0.2) is 32.3 Å². The number of anilines is 1. The van der Waals surface area contributed by atoms with Crippen molar-refractivity contribution in [1.29, 1.82) is 0 Å². The molecule has 0 radical (unpaired) electrons. The summed E-state index contributed by atoms with van der Waals surface area (Å²) in [6, 6.07) is 13.3. The zero-order valence-corrected chi connectivity index (χ0v) is 14.2. The number of rotatable bonds is 4. The number of amides is 1. The maximum atomic E-state index is 12.6. The Kier molecular flexibility index (Phi) is 4.18. The molecule has 3 heterocycles. The van der Waals surface area contributed by atoms with Gasteiger partial charge in [-0.3, -0.25) is 9.36 Å². The number of carbonyl (C=O) groups excluding carboxylic acids is 1. The molecule has 0 unspecified atom stereocenters. The predicted octanol–water partition coefficient (Wildman–Crippen LogP) is 2.71. The molecule has 26 heavy (non-hydrogen) atoms. The van der Waals surface area contributed by atoms with Gasteiger partial charge in [-0.15, -0.1) is 0 Å². The molecule has 0 aliphatic carbocycles. The molecule has 3 aromatic rings. The molecule has 0 saturated carbocycles. The van der Waals surface area contributed by atoms with E-state index in [0.717, 1.165) is 17.1 Å². The van der Waals surface area contributed by atoms with Crippen molar-refractivity contribution in [2.24, 2.45) is 5.16 Å². The minimum atomic E-state index is -0.665. The van der Waals surface area contributed by atoms with Crippen molar-refractivity contribution < 1.29 is 9.63 Å². The molecule has 1 atom stereocenters. The minimum absolute atomic E-state index is 0.258. The van der Waals surface area contributed by atoms with Crippen LogP contribution in [0.5, 0.6) is 0 Å². The van der Waals surface area contributed by atoms with E-state index < -0.39 is 6.10 Å². The molecule has 1 aliphatic rings. The number of aryl methyl sites for hydroxylation is 1. The molecule has 130 valence electrons. The highest BCUT2D eigenvalue weighted by molar-refractivity contribution is 6.06. The maximum absolute atomic E-state index is 12.6. The summed E-state index contributed by atoms with van der Waals surface area (Å²) in [5.41, 5.74) is 2.32. The van der Waals surface area contributed by atoms with Gasteiger partial charge in [0.05, 0.1) is 11.4 Å². The number of nitrogens with one attached hydrogen (secondary N) is 1. The summed E-state index contributed by atoms with van der Waals surface area (Å²) in [5.74, 6) is 1.13. The van der Waals surface area contributed by atoms with E-state index in [2.05, 4.69) is 20.4 Å².